The van der Waals surface area contributed by atoms with E-state index >= 15 is 0 Å². The van der Waals surface area contributed by atoms with Crippen LogP contribution >= 0.6 is 0 Å². The summed E-state index contributed by atoms with van der Waals surface area (Å²) in [5, 5.41) is 0. The second kappa shape index (κ2) is 2.68. The quantitative estimate of drug-likeness (QED) is 0.609. The van der Waals surface area contributed by atoms with E-state index in [1.807, 2.05) is 6.20 Å². The third-order valence-electron chi connectivity index (χ3n) is 1.13. The van der Waals surface area contributed by atoms with E-state index in [-0.39, 0.29) is 0 Å². The number of hydrogen-bond donors (Lipinski definition) is 0. The van der Waals surface area contributed by atoms with E-state index < -0.39 is 0 Å². The van der Waals surface area contributed by atoms with Gasteiger partial charge in [0.2, 0.25) is 0 Å². The van der Waals surface area contributed by atoms with E-state index in [9.17, 15) is 0 Å². The van der Waals surface area contributed by atoms with Crippen LogP contribution in [0.15, 0.2) is 6.20 Å². The molecule has 0 fully saturated rings. The Balaban J connectivity index is 2.85. The molecule has 0 aromatic carbocycles. The van der Waals surface area contributed by atoms with Crippen molar-refractivity contribution in [2.24, 2.45) is 0 Å². The summed E-state index contributed by atoms with van der Waals surface area (Å²) < 4.78 is 2.84. The first-order valence-electron chi connectivity index (χ1n) is 3.12. The van der Waals surface area contributed by atoms with E-state index in [2.05, 4.69) is 25.8 Å². The first-order valence-corrected chi connectivity index (χ1v) is 4.84. The fourth-order valence-electron chi connectivity index (χ4n) is 0.639. The summed E-state index contributed by atoms with van der Waals surface area (Å²) in [5.74, 6) is 0.652. The van der Waals surface area contributed by atoms with Crippen LogP contribution in [0, 0.1) is 6.92 Å². The van der Waals surface area contributed by atoms with Gasteiger partial charge in [-0.15, -0.1) is 0 Å². The van der Waals surface area contributed by atoms with Crippen LogP contribution in [0.25, 0.3) is 0 Å². The Hall–Kier alpha value is -0.0705. The summed E-state index contributed by atoms with van der Waals surface area (Å²) in [7, 11) is 0. The van der Waals surface area contributed by atoms with Crippen molar-refractivity contribution in [3.63, 3.8) is 0 Å². The van der Waals surface area contributed by atoms with E-state index in [1.54, 1.807) is 0 Å². The second-order valence-electron chi connectivity index (χ2n) is 2.46. The molecule has 1 nitrogen and oxygen atoms in total. The topological polar surface area (TPSA) is 12.9 Å². The Labute approximate surface area is 61.9 Å². The van der Waals surface area contributed by atoms with Crippen molar-refractivity contribution in [2.75, 3.05) is 0 Å². The Morgan fingerprint density at radius 2 is 2.22 bits per heavy atom. The monoisotopic (exact) mass is 189 g/mol. The van der Waals surface area contributed by atoms with Crippen LogP contribution in [0.1, 0.15) is 28.8 Å². The molecule has 0 aliphatic carbocycles. The first kappa shape index (κ1) is 7.04. The van der Waals surface area contributed by atoms with Gasteiger partial charge in [-0.3, -0.25) is 0 Å². The molecule has 1 aromatic heterocycles. The van der Waals surface area contributed by atoms with Crippen molar-refractivity contribution in [1.29, 1.82) is 0 Å². The Morgan fingerprint density at radius 3 is 2.44 bits per heavy atom. The van der Waals surface area contributed by atoms with Gasteiger partial charge in [-0.2, -0.15) is 0 Å². The molecule has 0 aliphatic heterocycles. The van der Waals surface area contributed by atoms with Gasteiger partial charge in [0.1, 0.15) is 0 Å². The van der Waals surface area contributed by atoms with Gasteiger partial charge in [-0.1, -0.05) is 0 Å². The zero-order valence-electron chi connectivity index (χ0n) is 6.01. The molecule has 50 valence electrons. The zero-order chi connectivity index (χ0) is 6.85. The normalized spacial score (nSPS) is 10.7. The third kappa shape index (κ3) is 1.67. The van der Waals surface area contributed by atoms with Gasteiger partial charge in [-0.25, -0.2) is 0 Å². The van der Waals surface area contributed by atoms with Gasteiger partial charge in [0.15, 0.2) is 0 Å². The van der Waals surface area contributed by atoms with Crippen molar-refractivity contribution in [2.45, 2.75) is 26.7 Å². The summed E-state index contributed by atoms with van der Waals surface area (Å²) in [5.41, 5.74) is 0. The minimum absolute atomic E-state index is 0.578. The molecule has 1 aromatic rings. The Bertz CT molecular complexity index is 191. The maximum absolute atomic E-state index is 4.30. The summed E-state index contributed by atoms with van der Waals surface area (Å²) in [6.45, 7) is 6.55. The summed E-state index contributed by atoms with van der Waals surface area (Å²) in [6, 6.07) is 0. The molecular weight excluding hydrogens is 177 g/mol. The number of rotatable bonds is 1. The average molecular weight is 188 g/mol. The van der Waals surface area contributed by atoms with Gasteiger partial charge < -0.3 is 0 Å². The minimum atomic E-state index is 0.578. The molecule has 0 amide bonds. The van der Waals surface area contributed by atoms with Crippen LogP contribution in [0.2, 0.25) is 0 Å². The molecule has 0 bridgehead atoms. The van der Waals surface area contributed by atoms with Gasteiger partial charge in [0.05, 0.1) is 0 Å². The molecular formula is C7H11NSe. The van der Waals surface area contributed by atoms with Crippen molar-refractivity contribution in [3.05, 3.63) is 15.2 Å². The summed E-state index contributed by atoms with van der Waals surface area (Å²) >= 11 is 0.578. The van der Waals surface area contributed by atoms with Crippen LogP contribution in [0.5, 0.6) is 0 Å². The molecule has 1 heterocycles. The first-order chi connectivity index (χ1) is 4.20. The molecule has 1 rings (SSSR count). The predicted octanol–water partition coefficient (Wildman–Crippen LogP) is 1.57. The molecule has 0 radical (unpaired) electrons. The van der Waals surface area contributed by atoms with Gasteiger partial charge in [0.25, 0.3) is 0 Å². The molecule has 0 spiro atoms. The second-order valence-corrected chi connectivity index (χ2v) is 5.12. The SMILES string of the molecule is Cc1cnc(C(C)C)[se]1. The standard InChI is InChI=1S/C7H11NSe/c1-5(2)7-8-4-6(3)9-7/h4-5H,1-3H3. The third-order valence-corrected chi connectivity index (χ3v) is 3.68. The van der Waals surface area contributed by atoms with Crippen LogP contribution in [-0.4, -0.2) is 19.5 Å². The molecule has 0 atom stereocenters. The molecule has 0 saturated heterocycles. The van der Waals surface area contributed by atoms with Crippen molar-refractivity contribution in [3.8, 4) is 0 Å². The molecule has 2 heteroatoms. The zero-order valence-corrected chi connectivity index (χ0v) is 7.72. The predicted molar refractivity (Wildman–Crippen MR) is 40.0 cm³/mol. The molecule has 0 saturated carbocycles. The molecule has 0 N–H and O–H groups in total. The fourth-order valence-corrected chi connectivity index (χ4v) is 2.27. The number of aryl methyl sites for hydroxylation is 1. The van der Waals surface area contributed by atoms with Crippen molar-refractivity contribution >= 4 is 14.5 Å². The van der Waals surface area contributed by atoms with E-state index in [1.165, 1.54) is 9.01 Å². The van der Waals surface area contributed by atoms with Gasteiger partial charge >= 0.3 is 61.4 Å². The van der Waals surface area contributed by atoms with Crippen LogP contribution in [0.3, 0.4) is 0 Å². The van der Waals surface area contributed by atoms with Gasteiger partial charge in [0, 0.05) is 0 Å². The Morgan fingerprint density at radius 1 is 1.56 bits per heavy atom. The van der Waals surface area contributed by atoms with Crippen molar-refractivity contribution in [1.82, 2.24) is 4.98 Å². The number of hydrogen-bond acceptors (Lipinski definition) is 1. The van der Waals surface area contributed by atoms with Crippen molar-refractivity contribution < 1.29 is 0 Å². The number of aromatic nitrogens is 1. The van der Waals surface area contributed by atoms with E-state index in [0.717, 1.165) is 0 Å². The number of nitrogens with zero attached hydrogens (tertiary/aromatic N) is 1. The van der Waals surface area contributed by atoms with E-state index in [0.29, 0.717) is 20.4 Å². The molecule has 0 unspecified atom stereocenters. The van der Waals surface area contributed by atoms with Crippen LogP contribution < -0.4 is 0 Å². The fraction of sp³-hybridized carbons (Fsp3) is 0.571. The average Bonchev–Trinajstić information content (AvgIpc) is 2.14. The molecule has 0 aliphatic rings. The van der Waals surface area contributed by atoms with Gasteiger partial charge in [-0.05, 0) is 0 Å². The van der Waals surface area contributed by atoms with E-state index in [4.69, 9.17) is 0 Å². The van der Waals surface area contributed by atoms with Crippen LogP contribution in [0.4, 0.5) is 0 Å². The summed E-state index contributed by atoms with van der Waals surface area (Å²) in [6.07, 6.45) is 2.00. The summed E-state index contributed by atoms with van der Waals surface area (Å²) in [4.78, 5) is 4.30. The Kier molecular flexibility index (Phi) is 2.09. The maximum atomic E-state index is 4.30. The van der Waals surface area contributed by atoms with Crippen LogP contribution in [-0.2, 0) is 0 Å². The molecule has 9 heavy (non-hydrogen) atoms.